The van der Waals surface area contributed by atoms with Crippen molar-refractivity contribution < 1.29 is 27.4 Å². The molecule has 3 aromatic heterocycles. The number of nitrogens with zero attached hydrogens (tertiary/aromatic N) is 6. The van der Waals surface area contributed by atoms with Gasteiger partial charge >= 0.3 is 0 Å². The highest BCUT2D eigenvalue weighted by atomic mass is 32.2. The van der Waals surface area contributed by atoms with Gasteiger partial charge in [0, 0.05) is 24.9 Å². The number of benzene rings is 2. The van der Waals surface area contributed by atoms with Crippen LogP contribution in [0.25, 0.3) is 16.7 Å². The van der Waals surface area contributed by atoms with Crippen molar-refractivity contribution in [2.45, 2.75) is 30.7 Å². The molecule has 0 unspecified atom stereocenters. The maximum Gasteiger partial charge on any atom is 0.269 e. The van der Waals surface area contributed by atoms with Gasteiger partial charge in [0.05, 0.1) is 43.5 Å². The molecule has 45 heavy (non-hydrogen) atoms. The number of primary amides is 1. The Kier molecular flexibility index (Phi) is 7.70. The molecule has 0 aliphatic carbocycles. The van der Waals surface area contributed by atoms with Crippen LogP contribution in [0.5, 0.6) is 17.2 Å². The van der Waals surface area contributed by atoms with E-state index < -0.39 is 22.0 Å². The number of carbonyl (C=O) groups excluding carboxylic acids is 1. The average Bonchev–Trinajstić information content (AvgIpc) is 3.80. The number of anilines is 3. The molecule has 0 radical (unpaired) electrons. The summed E-state index contributed by atoms with van der Waals surface area (Å²) in [5.41, 5.74) is 7.45. The molecule has 0 bridgehead atoms. The minimum atomic E-state index is -4.01. The van der Waals surface area contributed by atoms with E-state index in [4.69, 9.17) is 24.9 Å². The molecule has 5 aromatic rings. The standard InChI is InChI=1S/C30H32N8O6S/c1-18-7-9-20(10-8-18)45(40,41)38-13-11-21-28(34-30(35-29(21)38)37-12-5-6-22(37)27(31)39)33-25-16-36(17-32-25)19-14-23(42-2)26(44-4)24(15-19)43-3/h7-11,13-17,22H,5-6,12H2,1-4H3,(H2,31,39)(H,33,34,35)/t22-/m1/s1. The number of ether oxygens (including phenoxy) is 3. The summed E-state index contributed by atoms with van der Waals surface area (Å²) in [6, 6.07) is 11.1. The highest BCUT2D eigenvalue weighted by Gasteiger charge is 2.32. The van der Waals surface area contributed by atoms with Crippen LogP contribution in [-0.2, 0) is 14.8 Å². The van der Waals surface area contributed by atoms with Gasteiger partial charge in [-0.1, -0.05) is 17.7 Å². The first kappa shape index (κ1) is 29.7. The van der Waals surface area contributed by atoms with Crippen LogP contribution < -0.4 is 30.2 Å². The summed E-state index contributed by atoms with van der Waals surface area (Å²) >= 11 is 0. The first-order chi connectivity index (χ1) is 21.6. The van der Waals surface area contributed by atoms with Crippen LogP contribution in [-0.4, -0.2) is 71.7 Å². The molecule has 4 heterocycles. The van der Waals surface area contributed by atoms with E-state index in [2.05, 4.69) is 15.3 Å². The van der Waals surface area contributed by atoms with Crippen LogP contribution >= 0.6 is 0 Å². The van der Waals surface area contributed by atoms with Gasteiger partial charge in [-0.25, -0.2) is 17.4 Å². The highest BCUT2D eigenvalue weighted by molar-refractivity contribution is 7.90. The predicted octanol–water partition coefficient (Wildman–Crippen LogP) is 3.39. The fourth-order valence-electron chi connectivity index (χ4n) is 5.39. The summed E-state index contributed by atoms with van der Waals surface area (Å²) < 4.78 is 46.8. The van der Waals surface area contributed by atoms with Crippen LogP contribution in [0, 0.1) is 6.92 Å². The van der Waals surface area contributed by atoms with E-state index in [-0.39, 0.29) is 16.5 Å². The van der Waals surface area contributed by atoms with Gasteiger partial charge in [-0.15, -0.1) is 0 Å². The number of hydrogen-bond acceptors (Lipinski definition) is 11. The fourth-order valence-corrected chi connectivity index (χ4v) is 6.69. The van der Waals surface area contributed by atoms with Gasteiger partial charge in [0.15, 0.2) is 17.1 Å². The number of amides is 1. The SMILES string of the molecule is COc1cc(-n2cnc(Nc3nc(N4CCC[C@@H]4C(N)=O)nc4c3ccn4S(=O)(=O)c3ccc(C)cc3)c2)cc(OC)c1OC. The lowest BCUT2D eigenvalue weighted by atomic mass is 10.2. The van der Waals surface area contributed by atoms with E-state index >= 15 is 0 Å². The zero-order valence-electron chi connectivity index (χ0n) is 25.1. The predicted molar refractivity (Wildman–Crippen MR) is 167 cm³/mol. The first-order valence-electron chi connectivity index (χ1n) is 14.0. The van der Waals surface area contributed by atoms with Gasteiger partial charge in [0.1, 0.15) is 24.0 Å². The summed E-state index contributed by atoms with van der Waals surface area (Å²) in [6.07, 6.45) is 6.02. The Labute approximate surface area is 259 Å². The number of methoxy groups -OCH3 is 3. The number of rotatable bonds is 10. The molecular formula is C30H32N8O6S. The molecule has 1 aliphatic rings. The van der Waals surface area contributed by atoms with Gasteiger partial charge in [-0.3, -0.25) is 4.79 Å². The van der Waals surface area contributed by atoms with Crippen molar-refractivity contribution >= 4 is 44.5 Å². The quantitative estimate of drug-likeness (QED) is 0.231. The van der Waals surface area contributed by atoms with Crippen LogP contribution in [0.4, 0.5) is 17.6 Å². The number of fused-ring (bicyclic) bond motifs is 1. The first-order valence-corrected chi connectivity index (χ1v) is 15.5. The molecule has 0 saturated carbocycles. The molecule has 1 amide bonds. The molecule has 0 spiro atoms. The van der Waals surface area contributed by atoms with E-state index in [9.17, 15) is 13.2 Å². The van der Waals surface area contributed by atoms with Gasteiger partial charge < -0.3 is 34.7 Å². The number of nitrogens with one attached hydrogen (secondary N) is 1. The Hall–Kier alpha value is -5.31. The van der Waals surface area contributed by atoms with Crippen LogP contribution in [0.3, 0.4) is 0 Å². The molecular weight excluding hydrogens is 600 g/mol. The molecule has 15 heteroatoms. The van der Waals surface area contributed by atoms with Crippen molar-refractivity contribution in [3.05, 3.63) is 66.7 Å². The Morgan fingerprint density at radius 1 is 1.02 bits per heavy atom. The lowest BCUT2D eigenvalue weighted by molar-refractivity contribution is -0.119. The third-order valence-corrected chi connectivity index (χ3v) is 9.37. The summed E-state index contributed by atoms with van der Waals surface area (Å²) in [7, 11) is 0.588. The van der Waals surface area contributed by atoms with Crippen molar-refractivity contribution in [2.24, 2.45) is 5.73 Å². The Balaban J connectivity index is 1.44. The zero-order chi connectivity index (χ0) is 31.9. The van der Waals surface area contributed by atoms with Gasteiger partial charge in [0.2, 0.25) is 17.6 Å². The third kappa shape index (κ3) is 5.35. The number of aromatic nitrogens is 5. The molecule has 6 rings (SSSR count). The van der Waals surface area contributed by atoms with E-state index in [1.54, 1.807) is 64.5 Å². The Morgan fingerprint density at radius 2 is 1.73 bits per heavy atom. The van der Waals surface area contributed by atoms with Crippen molar-refractivity contribution in [3.63, 3.8) is 0 Å². The average molecular weight is 633 g/mol. The highest BCUT2D eigenvalue weighted by Crippen LogP contribution is 2.39. The summed E-state index contributed by atoms with van der Waals surface area (Å²) in [4.78, 5) is 28.0. The van der Waals surface area contributed by atoms with Crippen molar-refractivity contribution in [3.8, 4) is 22.9 Å². The molecule has 3 N–H and O–H groups in total. The lowest BCUT2D eigenvalue weighted by Gasteiger charge is -2.23. The lowest BCUT2D eigenvalue weighted by Crippen LogP contribution is -2.41. The summed E-state index contributed by atoms with van der Waals surface area (Å²) in [5, 5.41) is 3.65. The minimum absolute atomic E-state index is 0.112. The zero-order valence-corrected chi connectivity index (χ0v) is 25.9. The molecule has 14 nitrogen and oxygen atoms in total. The van der Waals surface area contributed by atoms with E-state index in [1.807, 2.05) is 6.92 Å². The Morgan fingerprint density at radius 3 is 2.38 bits per heavy atom. The number of aryl methyl sites for hydroxylation is 1. The van der Waals surface area contributed by atoms with Crippen molar-refractivity contribution in [1.29, 1.82) is 0 Å². The maximum absolute atomic E-state index is 13.8. The largest absolute Gasteiger partial charge is 0.493 e. The minimum Gasteiger partial charge on any atom is -0.493 e. The molecule has 234 valence electrons. The monoisotopic (exact) mass is 632 g/mol. The number of carbonyl (C=O) groups is 1. The fraction of sp³-hybridized carbons (Fsp3) is 0.267. The van der Waals surface area contributed by atoms with Crippen LogP contribution in [0.2, 0.25) is 0 Å². The second kappa shape index (κ2) is 11.6. The topological polar surface area (TPSA) is 169 Å². The molecule has 2 aromatic carbocycles. The summed E-state index contributed by atoms with van der Waals surface area (Å²) in [5.74, 6) is 1.80. The van der Waals surface area contributed by atoms with Gasteiger partial charge in [0.25, 0.3) is 10.0 Å². The van der Waals surface area contributed by atoms with E-state index in [0.717, 1.165) is 9.54 Å². The van der Waals surface area contributed by atoms with Gasteiger partial charge in [-0.05, 0) is 38.0 Å². The molecule has 1 saturated heterocycles. The number of nitrogens with two attached hydrogens (primary N) is 1. The van der Waals surface area contributed by atoms with Crippen molar-refractivity contribution in [2.75, 3.05) is 38.1 Å². The number of imidazole rings is 1. The second-order valence-electron chi connectivity index (χ2n) is 10.5. The Bertz CT molecular complexity index is 1980. The van der Waals surface area contributed by atoms with Crippen LogP contribution in [0.1, 0.15) is 18.4 Å². The molecule has 1 aliphatic heterocycles. The van der Waals surface area contributed by atoms with E-state index in [0.29, 0.717) is 59.3 Å². The smallest absolute Gasteiger partial charge is 0.269 e. The normalized spacial score (nSPS) is 14.9. The summed E-state index contributed by atoms with van der Waals surface area (Å²) in [6.45, 7) is 2.37. The maximum atomic E-state index is 13.8. The second-order valence-corrected chi connectivity index (χ2v) is 12.3. The third-order valence-electron chi connectivity index (χ3n) is 7.69. The van der Waals surface area contributed by atoms with Gasteiger partial charge in [-0.2, -0.15) is 9.97 Å². The molecule has 1 atom stereocenters. The van der Waals surface area contributed by atoms with Crippen molar-refractivity contribution in [1.82, 2.24) is 23.5 Å². The number of hydrogen-bond donors (Lipinski definition) is 2. The molecule has 1 fully saturated rings. The van der Waals surface area contributed by atoms with E-state index in [1.165, 1.54) is 27.5 Å². The van der Waals surface area contributed by atoms with Crippen LogP contribution in [0.15, 0.2) is 66.1 Å².